The number of nitrogens with zero attached hydrogens (tertiary/aromatic N) is 1. The molecule has 1 aromatic carbocycles. The molecule has 0 amide bonds. The first-order valence-electron chi connectivity index (χ1n) is 10.5. The van der Waals surface area contributed by atoms with Gasteiger partial charge in [-0.2, -0.15) is 0 Å². The predicted molar refractivity (Wildman–Crippen MR) is 118 cm³/mol. The first-order valence-corrected chi connectivity index (χ1v) is 12.3. The maximum absolute atomic E-state index is 12.5. The van der Waals surface area contributed by atoms with Crippen LogP contribution in [0.15, 0.2) is 46.1 Å². The molecular formula is C22H30N2O6S. The molecule has 0 aliphatic heterocycles. The Kier molecular flexibility index (Phi) is 7.38. The van der Waals surface area contributed by atoms with Crippen LogP contribution in [0.4, 0.5) is 0 Å². The standard InChI is InChI=1S/C22H30N2O6S/c1-17(18-5-3-6-19(13-18)30-15-22(2)8-9-22)14-31(27,28)12-4-11-29-16-24-10-7-20(25)23-21(24)26/h3,5-7,10,13,17H,4,8-9,11-12,14-16H2,1-2H3,(H,23,25,26)/t17-/m0/s1. The molecule has 31 heavy (non-hydrogen) atoms. The minimum Gasteiger partial charge on any atom is -0.493 e. The molecular weight excluding hydrogens is 420 g/mol. The topological polar surface area (TPSA) is 107 Å². The summed E-state index contributed by atoms with van der Waals surface area (Å²) >= 11 is 0. The first-order chi connectivity index (χ1) is 14.7. The number of hydrogen-bond acceptors (Lipinski definition) is 6. The molecule has 3 rings (SSSR count). The summed E-state index contributed by atoms with van der Waals surface area (Å²) < 4.78 is 37.5. The minimum absolute atomic E-state index is 0.00636. The number of hydrogen-bond donors (Lipinski definition) is 1. The van der Waals surface area contributed by atoms with E-state index in [-0.39, 0.29) is 30.8 Å². The smallest absolute Gasteiger partial charge is 0.330 e. The molecule has 1 aliphatic rings. The van der Waals surface area contributed by atoms with Crippen molar-refractivity contribution in [3.05, 3.63) is 62.9 Å². The number of aromatic nitrogens is 2. The van der Waals surface area contributed by atoms with Crippen LogP contribution >= 0.6 is 0 Å². The number of H-pyrrole nitrogens is 1. The normalized spacial score (nSPS) is 16.1. The number of aromatic amines is 1. The van der Waals surface area contributed by atoms with Gasteiger partial charge in [0.1, 0.15) is 12.5 Å². The van der Waals surface area contributed by atoms with Gasteiger partial charge < -0.3 is 9.47 Å². The highest BCUT2D eigenvalue weighted by molar-refractivity contribution is 7.91. The van der Waals surface area contributed by atoms with E-state index in [2.05, 4.69) is 11.9 Å². The van der Waals surface area contributed by atoms with Gasteiger partial charge in [-0.1, -0.05) is 26.0 Å². The zero-order valence-electron chi connectivity index (χ0n) is 18.0. The third-order valence-electron chi connectivity index (χ3n) is 5.49. The molecule has 0 radical (unpaired) electrons. The second-order valence-corrected chi connectivity index (χ2v) is 10.9. The number of sulfone groups is 1. The van der Waals surface area contributed by atoms with Crippen LogP contribution in [0.1, 0.15) is 44.6 Å². The van der Waals surface area contributed by atoms with Gasteiger partial charge in [-0.05, 0) is 42.9 Å². The van der Waals surface area contributed by atoms with Crippen molar-refractivity contribution in [2.24, 2.45) is 5.41 Å². The fourth-order valence-electron chi connectivity index (χ4n) is 3.18. The molecule has 2 aromatic rings. The molecule has 9 heteroatoms. The van der Waals surface area contributed by atoms with Crippen LogP contribution in [0.25, 0.3) is 0 Å². The van der Waals surface area contributed by atoms with Gasteiger partial charge in [-0.15, -0.1) is 0 Å². The molecule has 0 saturated heterocycles. The van der Waals surface area contributed by atoms with Crippen molar-refractivity contribution in [3.63, 3.8) is 0 Å². The quantitative estimate of drug-likeness (QED) is 0.497. The van der Waals surface area contributed by atoms with Gasteiger partial charge >= 0.3 is 5.69 Å². The molecule has 8 nitrogen and oxygen atoms in total. The van der Waals surface area contributed by atoms with E-state index >= 15 is 0 Å². The van der Waals surface area contributed by atoms with E-state index < -0.39 is 21.1 Å². The van der Waals surface area contributed by atoms with E-state index in [4.69, 9.17) is 9.47 Å². The molecule has 0 bridgehead atoms. The zero-order chi connectivity index (χ0) is 22.5. The zero-order valence-corrected chi connectivity index (χ0v) is 18.8. The number of rotatable bonds is 12. The Hall–Kier alpha value is -2.39. The average molecular weight is 451 g/mol. The van der Waals surface area contributed by atoms with Crippen molar-refractivity contribution >= 4 is 9.84 Å². The van der Waals surface area contributed by atoms with Crippen molar-refractivity contribution in [3.8, 4) is 5.75 Å². The van der Waals surface area contributed by atoms with Crippen LogP contribution in [-0.2, 0) is 21.3 Å². The predicted octanol–water partition coefficient (Wildman–Crippen LogP) is 2.30. The molecule has 1 N–H and O–H groups in total. The highest BCUT2D eigenvalue weighted by atomic mass is 32.2. The van der Waals surface area contributed by atoms with Gasteiger partial charge in [0, 0.05) is 24.3 Å². The molecule has 1 heterocycles. The van der Waals surface area contributed by atoms with Gasteiger partial charge in [0.05, 0.1) is 18.1 Å². The second-order valence-electron chi connectivity index (χ2n) is 8.66. The summed E-state index contributed by atoms with van der Waals surface area (Å²) in [6.45, 7) is 4.94. The molecule has 1 aromatic heterocycles. The van der Waals surface area contributed by atoms with E-state index in [9.17, 15) is 18.0 Å². The lowest BCUT2D eigenvalue weighted by atomic mass is 10.0. The molecule has 1 aliphatic carbocycles. The number of ether oxygens (including phenoxy) is 2. The van der Waals surface area contributed by atoms with E-state index in [1.165, 1.54) is 29.7 Å². The van der Waals surface area contributed by atoms with Crippen molar-refractivity contribution in [2.45, 2.75) is 45.8 Å². The van der Waals surface area contributed by atoms with Gasteiger partial charge in [0.25, 0.3) is 5.56 Å². The van der Waals surface area contributed by atoms with Crippen LogP contribution in [0.5, 0.6) is 5.75 Å². The number of benzene rings is 1. The summed E-state index contributed by atoms with van der Waals surface area (Å²) in [6, 6.07) is 8.88. The fourth-order valence-corrected chi connectivity index (χ4v) is 4.85. The third kappa shape index (κ3) is 7.36. The number of nitrogens with one attached hydrogen (secondary N) is 1. The van der Waals surface area contributed by atoms with Crippen molar-refractivity contribution in [1.82, 2.24) is 9.55 Å². The Morgan fingerprint density at radius 3 is 2.71 bits per heavy atom. The van der Waals surface area contributed by atoms with E-state index in [1.807, 2.05) is 31.2 Å². The lowest BCUT2D eigenvalue weighted by Crippen LogP contribution is -2.29. The van der Waals surface area contributed by atoms with Crippen molar-refractivity contribution < 1.29 is 17.9 Å². The molecule has 1 atom stereocenters. The summed E-state index contributed by atoms with van der Waals surface area (Å²) in [4.78, 5) is 24.7. The molecule has 1 saturated carbocycles. The Bertz CT molecular complexity index is 1100. The highest BCUT2D eigenvalue weighted by Crippen LogP contribution is 2.45. The average Bonchev–Trinajstić information content (AvgIpc) is 3.45. The maximum Gasteiger partial charge on any atom is 0.330 e. The molecule has 0 spiro atoms. The van der Waals surface area contributed by atoms with E-state index in [0.29, 0.717) is 18.4 Å². The van der Waals surface area contributed by atoms with Crippen molar-refractivity contribution in [1.29, 1.82) is 0 Å². The highest BCUT2D eigenvalue weighted by Gasteiger charge is 2.38. The molecule has 0 unspecified atom stereocenters. The summed E-state index contributed by atoms with van der Waals surface area (Å²) in [5.41, 5.74) is 0.191. The van der Waals surface area contributed by atoms with Crippen LogP contribution < -0.4 is 16.0 Å². The maximum atomic E-state index is 12.5. The van der Waals surface area contributed by atoms with Crippen LogP contribution in [0.2, 0.25) is 0 Å². The molecule has 1 fully saturated rings. The third-order valence-corrected chi connectivity index (χ3v) is 7.41. The van der Waals surface area contributed by atoms with Gasteiger partial charge in [-0.25, -0.2) is 13.2 Å². The summed E-state index contributed by atoms with van der Waals surface area (Å²) in [5.74, 6) is 0.687. The second kappa shape index (κ2) is 9.82. The largest absolute Gasteiger partial charge is 0.493 e. The Labute approximate surface area is 182 Å². The van der Waals surface area contributed by atoms with E-state index in [0.717, 1.165) is 11.3 Å². The van der Waals surface area contributed by atoms with E-state index in [1.54, 1.807) is 0 Å². The van der Waals surface area contributed by atoms with Crippen molar-refractivity contribution in [2.75, 3.05) is 24.7 Å². The summed E-state index contributed by atoms with van der Waals surface area (Å²) in [6.07, 6.45) is 4.04. The Balaban J connectivity index is 1.43. The van der Waals surface area contributed by atoms with Crippen LogP contribution in [-0.4, -0.2) is 42.7 Å². The van der Waals surface area contributed by atoms with Gasteiger partial charge in [0.2, 0.25) is 0 Å². The minimum atomic E-state index is -3.26. The summed E-state index contributed by atoms with van der Waals surface area (Å²) in [5, 5.41) is 0. The fraction of sp³-hybridized carbons (Fsp3) is 0.545. The Morgan fingerprint density at radius 2 is 2.00 bits per heavy atom. The summed E-state index contributed by atoms with van der Waals surface area (Å²) in [7, 11) is -3.26. The lowest BCUT2D eigenvalue weighted by molar-refractivity contribution is 0.0745. The van der Waals surface area contributed by atoms with Crippen LogP contribution in [0.3, 0.4) is 0 Å². The first kappa shape index (κ1) is 23.3. The molecule has 170 valence electrons. The monoisotopic (exact) mass is 450 g/mol. The van der Waals surface area contributed by atoms with Gasteiger partial charge in [-0.3, -0.25) is 14.3 Å². The van der Waals surface area contributed by atoms with Crippen LogP contribution in [0, 0.1) is 5.41 Å². The lowest BCUT2D eigenvalue weighted by Gasteiger charge is -2.15. The van der Waals surface area contributed by atoms with Gasteiger partial charge in [0.15, 0.2) is 9.84 Å². The Morgan fingerprint density at radius 1 is 1.23 bits per heavy atom. The SMILES string of the molecule is C[C@@H](CS(=O)(=O)CCCOCn1ccc(=O)[nH]c1=O)c1cccc(OCC2(C)CC2)c1.